The summed E-state index contributed by atoms with van der Waals surface area (Å²) in [6, 6.07) is 21.2. The van der Waals surface area contributed by atoms with Crippen LogP contribution in [0, 0.1) is 18.3 Å². The number of benzene rings is 3. The third kappa shape index (κ3) is 4.79. The summed E-state index contributed by atoms with van der Waals surface area (Å²) < 4.78 is 27.6. The Balaban J connectivity index is 1.90. The van der Waals surface area contributed by atoms with Crippen molar-refractivity contribution in [1.29, 1.82) is 5.26 Å². The van der Waals surface area contributed by atoms with Crippen molar-refractivity contribution >= 4 is 38.9 Å². The maximum Gasteiger partial charge on any atom is 0.264 e. The van der Waals surface area contributed by atoms with Crippen LogP contribution in [0.25, 0.3) is 0 Å². The second kappa shape index (κ2) is 8.99. The van der Waals surface area contributed by atoms with Crippen LogP contribution in [-0.2, 0) is 14.8 Å². The minimum atomic E-state index is -3.97. The topological polar surface area (TPSA) is 90.3 Å². The Morgan fingerprint density at radius 2 is 1.73 bits per heavy atom. The van der Waals surface area contributed by atoms with Crippen LogP contribution in [0.4, 0.5) is 11.4 Å². The number of hydrogen-bond donors (Lipinski definition) is 1. The van der Waals surface area contributed by atoms with E-state index in [1.807, 2.05) is 13.0 Å². The van der Waals surface area contributed by atoms with Crippen molar-refractivity contribution < 1.29 is 13.2 Å². The first-order chi connectivity index (χ1) is 14.3. The number of carbonyl (C=O) groups is 1. The van der Waals surface area contributed by atoms with Crippen LogP contribution in [0.2, 0.25) is 5.02 Å². The largest absolute Gasteiger partial charge is 0.324 e. The van der Waals surface area contributed by atoms with Crippen LogP contribution in [-0.4, -0.2) is 20.9 Å². The fraction of sp³-hybridized carbons (Fsp3) is 0.0909. The zero-order valence-corrected chi connectivity index (χ0v) is 17.6. The van der Waals surface area contributed by atoms with E-state index in [1.54, 1.807) is 42.5 Å². The predicted molar refractivity (Wildman–Crippen MR) is 117 cm³/mol. The van der Waals surface area contributed by atoms with E-state index in [0.29, 0.717) is 11.4 Å². The van der Waals surface area contributed by atoms with Gasteiger partial charge in [-0.2, -0.15) is 5.26 Å². The van der Waals surface area contributed by atoms with Crippen molar-refractivity contribution in [2.45, 2.75) is 11.8 Å². The number of rotatable bonds is 6. The number of carbonyl (C=O) groups excluding carboxylic acids is 1. The Labute approximate surface area is 180 Å². The third-order valence-corrected chi connectivity index (χ3v) is 6.41. The van der Waals surface area contributed by atoms with Crippen molar-refractivity contribution in [3.05, 3.63) is 88.9 Å². The lowest BCUT2D eigenvalue weighted by Gasteiger charge is -2.24. The second-order valence-electron chi connectivity index (χ2n) is 6.51. The minimum Gasteiger partial charge on any atom is -0.324 e. The van der Waals surface area contributed by atoms with Crippen molar-refractivity contribution in [2.24, 2.45) is 0 Å². The van der Waals surface area contributed by atoms with Crippen LogP contribution < -0.4 is 9.62 Å². The molecule has 1 amide bonds. The van der Waals surface area contributed by atoms with E-state index in [4.69, 9.17) is 16.9 Å². The number of anilines is 2. The zero-order chi connectivity index (χ0) is 21.7. The molecule has 0 aromatic heterocycles. The van der Waals surface area contributed by atoms with E-state index in [2.05, 4.69) is 5.32 Å². The first kappa shape index (κ1) is 21.4. The molecule has 0 radical (unpaired) electrons. The van der Waals surface area contributed by atoms with Crippen LogP contribution >= 0.6 is 11.6 Å². The van der Waals surface area contributed by atoms with E-state index in [-0.39, 0.29) is 15.5 Å². The summed E-state index contributed by atoms with van der Waals surface area (Å²) in [5, 5.41) is 11.8. The highest BCUT2D eigenvalue weighted by Gasteiger charge is 2.27. The van der Waals surface area contributed by atoms with E-state index in [0.717, 1.165) is 9.87 Å². The Kier molecular flexibility index (Phi) is 6.40. The average molecular weight is 440 g/mol. The Hall–Kier alpha value is -3.34. The van der Waals surface area contributed by atoms with Gasteiger partial charge in [0.05, 0.1) is 21.2 Å². The Bertz CT molecular complexity index is 1200. The van der Waals surface area contributed by atoms with Crippen LogP contribution in [0.15, 0.2) is 77.7 Å². The normalized spacial score (nSPS) is 10.8. The average Bonchev–Trinajstić information content (AvgIpc) is 2.73. The molecule has 0 heterocycles. The van der Waals surface area contributed by atoms with Gasteiger partial charge in [-0.3, -0.25) is 9.10 Å². The highest BCUT2D eigenvalue weighted by Crippen LogP contribution is 2.24. The van der Waals surface area contributed by atoms with Gasteiger partial charge in [-0.25, -0.2) is 8.42 Å². The lowest BCUT2D eigenvalue weighted by molar-refractivity contribution is -0.114. The minimum absolute atomic E-state index is 0.0890. The maximum absolute atomic E-state index is 13.3. The quantitative estimate of drug-likeness (QED) is 0.618. The number of nitrogens with zero attached hydrogens (tertiary/aromatic N) is 2. The third-order valence-electron chi connectivity index (χ3n) is 4.31. The molecule has 30 heavy (non-hydrogen) atoms. The van der Waals surface area contributed by atoms with Gasteiger partial charge >= 0.3 is 0 Å². The summed E-state index contributed by atoms with van der Waals surface area (Å²) in [4.78, 5) is 12.8. The van der Waals surface area contributed by atoms with E-state index < -0.39 is 22.5 Å². The number of halogens is 1. The number of aryl methyl sites for hydroxylation is 1. The van der Waals surface area contributed by atoms with Crippen molar-refractivity contribution in [3.63, 3.8) is 0 Å². The molecule has 6 nitrogen and oxygen atoms in total. The zero-order valence-electron chi connectivity index (χ0n) is 16.0. The molecule has 0 fully saturated rings. The molecule has 0 atom stereocenters. The van der Waals surface area contributed by atoms with Gasteiger partial charge in [0, 0.05) is 5.69 Å². The number of nitrogens with one attached hydrogen (secondary N) is 1. The molecule has 3 rings (SSSR count). The molecule has 0 saturated heterocycles. The monoisotopic (exact) mass is 439 g/mol. The molecular weight excluding hydrogens is 422 g/mol. The molecule has 0 saturated carbocycles. The maximum atomic E-state index is 13.3. The summed E-state index contributed by atoms with van der Waals surface area (Å²) in [7, 11) is -3.97. The van der Waals surface area contributed by atoms with E-state index >= 15 is 0 Å². The van der Waals surface area contributed by atoms with E-state index in [1.165, 1.54) is 30.3 Å². The second-order valence-corrected chi connectivity index (χ2v) is 8.78. The van der Waals surface area contributed by atoms with Gasteiger partial charge in [0.2, 0.25) is 5.91 Å². The molecule has 0 bridgehead atoms. The molecule has 0 spiro atoms. The van der Waals surface area contributed by atoms with Gasteiger partial charge in [-0.1, -0.05) is 47.5 Å². The van der Waals surface area contributed by atoms with Crippen molar-refractivity contribution in [2.75, 3.05) is 16.2 Å². The highest BCUT2D eigenvalue weighted by atomic mass is 35.5. The summed E-state index contributed by atoms with van der Waals surface area (Å²) in [6.07, 6.45) is 0. The molecule has 0 aliphatic carbocycles. The molecule has 8 heteroatoms. The SMILES string of the molecule is Cc1ccc(S(=O)(=O)N(CC(=O)Nc2ccc(C#N)c(Cl)c2)c2ccccc2)cc1. The van der Waals surface area contributed by atoms with E-state index in [9.17, 15) is 13.2 Å². The molecule has 0 aliphatic heterocycles. The van der Waals surface area contributed by atoms with Crippen LogP contribution in [0.5, 0.6) is 0 Å². The Morgan fingerprint density at radius 3 is 2.33 bits per heavy atom. The van der Waals surface area contributed by atoms with Crippen LogP contribution in [0.1, 0.15) is 11.1 Å². The number of amides is 1. The standard InChI is InChI=1S/C22H18ClN3O3S/c1-16-7-11-20(12-8-16)30(28,29)26(19-5-3-2-4-6-19)15-22(27)25-18-10-9-17(14-24)21(23)13-18/h2-13H,15H2,1H3,(H,25,27). The highest BCUT2D eigenvalue weighted by molar-refractivity contribution is 7.92. The van der Waals surface area contributed by atoms with Crippen molar-refractivity contribution in [1.82, 2.24) is 0 Å². The number of sulfonamides is 1. The molecular formula is C22H18ClN3O3S. The fourth-order valence-corrected chi connectivity index (χ4v) is 4.41. The number of nitriles is 1. The van der Waals surface area contributed by atoms with Gasteiger partial charge < -0.3 is 5.32 Å². The van der Waals surface area contributed by atoms with Crippen LogP contribution in [0.3, 0.4) is 0 Å². The summed E-state index contributed by atoms with van der Waals surface area (Å²) in [5.74, 6) is -0.546. The summed E-state index contributed by atoms with van der Waals surface area (Å²) >= 11 is 6.00. The lowest BCUT2D eigenvalue weighted by atomic mass is 10.2. The van der Waals surface area contributed by atoms with Gasteiger partial charge in [0.15, 0.2) is 0 Å². The molecule has 3 aromatic carbocycles. The number of para-hydroxylation sites is 1. The molecule has 1 N–H and O–H groups in total. The van der Waals surface area contributed by atoms with Gasteiger partial charge in [0.25, 0.3) is 10.0 Å². The van der Waals surface area contributed by atoms with Gasteiger partial charge in [-0.15, -0.1) is 0 Å². The predicted octanol–water partition coefficient (Wildman–Crippen LogP) is 4.35. The molecule has 3 aromatic rings. The van der Waals surface area contributed by atoms with Gasteiger partial charge in [-0.05, 0) is 49.4 Å². The summed E-state index contributed by atoms with van der Waals surface area (Å²) in [6.45, 7) is 1.43. The summed E-state index contributed by atoms with van der Waals surface area (Å²) in [5.41, 5.74) is 1.94. The molecule has 0 aliphatic rings. The first-order valence-electron chi connectivity index (χ1n) is 8.95. The van der Waals surface area contributed by atoms with Crippen molar-refractivity contribution in [3.8, 4) is 6.07 Å². The van der Waals surface area contributed by atoms with Gasteiger partial charge in [0.1, 0.15) is 12.6 Å². The smallest absolute Gasteiger partial charge is 0.264 e. The number of hydrogen-bond acceptors (Lipinski definition) is 4. The molecule has 0 unspecified atom stereocenters. The molecule has 152 valence electrons. The first-order valence-corrected chi connectivity index (χ1v) is 10.8. The Morgan fingerprint density at radius 1 is 1.07 bits per heavy atom. The lowest BCUT2D eigenvalue weighted by Crippen LogP contribution is -2.38. The fourth-order valence-electron chi connectivity index (χ4n) is 2.76.